The van der Waals surface area contributed by atoms with Crippen molar-refractivity contribution >= 4 is 5.91 Å². The number of carbonyl (C=O) groups excluding carboxylic acids is 1. The summed E-state index contributed by atoms with van der Waals surface area (Å²) in [5.41, 5.74) is 2.73. The lowest BCUT2D eigenvalue weighted by molar-refractivity contribution is 0.0732. The van der Waals surface area contributed by atoms with Crippen LogP contribution in [0.4, 0.5) is 0 Å². The maximum atomic E-state index is 13.1. The fourth-order valence-electron chi connectivity index (χ4n) is 3.87. The number of aromatic amines is 1. The SMILES string of the molecule is CCOc1cc([C@@H]2c3c(-c4ccccc4O)n[nH]c3C(=O)N2CCCO)ccc1O. The molecule has 0 saturated carbocycles. The second kappa shape index (κ2) is 8.08. The van der Waals surface area contributed by atoms with Gasteiger partial charge in [0, 0.05) is 24.3 Å². The zero-order valence-electron chi connectivity index (χ0n) is 16.5. The Morgan fingerprint density at radius 1 is 1.17 bits per heavy atom. The van der Waals surface area contributed by atoms with Crippen LogP contribution in [0.15, 0.2) is 42.5 Å². The van der Waals surface area contributed by atoms with E-state index in [4.69, 9.17) is 4.74 Å². The van der Waals surface area contributed by atoms with Crippen LogP contribution in [0.25, 0.3) is 11.3 Å². The van der Waals surface area contributed by atoms with E-state index in [9.17, 15) is 20.1 Å². The van der Waals surface area contributed by atoms with Crippen LogP contribution >= 0.6 is 0 Å². The van der Waals surface area contributed by atoms with Crippen molar-refractivity contribution < 1.29 is 24.9 Å². The summed E-state index contributed by atoms with van der Waals surface area (Å²) in [6.45, 7) is 2.50. The number of ether oxygens (including phenoxy) is 1. The number of amides is 1. The lowest BCUT2D eigenvalue weighted by Crippen LogP contribution is -2.31. The van der Waals surface area contributed by atoms with E-state index in [2.05, 4.69) is 10.2 Å². The van der Waals surface area contributed by atoms with Gasteiger partial charge in [-0.3, -0.25) is 9.89 Å². The molecule has 0 fully saturated rings. The number of aromatic nitrogens is 2. The summed E-state index contributed by atoms with van der Waals surface area (Å²) in [5.74, 6) is 0.168. The number of hydrogen-bond donors (Lipinski definition) is 4. The number of phenols is 2. The summed E-state index contributed by atoms with van der Waals surface area (Å²) in [6, 6.07) is 11.3. The van der Waals surface area contributed by atoms with Crippen molar-refractivity contribution in [2.24, 2.45) is 0 Å². The Bertz CT molecular complexity index is 1080. The van der Waals surface area contributed by atoms with Gasteiger partial charge < -0.3 is 25.0 Å². The lowest BCUT2D eigenvalue weighted by atomic mass is 9.95. The maximum Gasteiger partial charge on any atom is 0.273 e. The van der Waals surface area contributed by atoms with Gasteiger partial charge in [-0.05, 0) is 43.2 Å². The Morgan fingerprint density at radius 2 is 1.97 bits per heavy atom. The number of H-pyrrole nitrogens is 1. The van der Waals surface area contributed by atoms with E-state index in [0.717, 1.165) is 5.56 Å². The first-order chi connectivity index (χ1) is 14.6. The van der Waals surface area contributed by atoms with Crippen molar-refractivity contribution in [2.75, 3.05) is 19.8 Å². The fraction of sp³-hybridized carbons (Fsp3) is 0.273. The minimum atomic E-state index is -0.507. The molecule has 0 bridgehead atoms. The van der Waals surface area contributed by atoms with Gasteiger partial charge in [-0.25, -0.2) is 0 Å². The smallest absolute Gasteiger partial charge is 0.273 e. The summed E-state index contributed by atoms with van der Waals surface area (Å²) >= 11 is 0. The molecule has 0 saturated heterocycles. The van der Waals surface area contributed by atoms with Crippen LogP contribution in [0.5, 0.6) is 17.2 Å². The molecule has 1 aliphatic rings. The van der Waals surface area contributed by atoms with E-state index < -0.39 is 6.04 Å². The molecule has 156 valence electrons. The second-order valence-electron chi connectivity index (χ2n) is 7.02. The number of para-hydroxylation sites is 1. The minimum Gasteiger partial charge on any atom is -0.507 e. The largest absolute Gasteiger partial charge is 0.507 e. The van der Waals surface area contributed by atoms with E-state index in [1.807, 2.05) is 6.92 Å². The first kappa shape index (κ1) is 19.8. The third kappa shape index (κ3) is 3.25. The van der Waals surface area contributed by atoms with Gasteiger partial charge in [0.2, 0.25) is 0 Å². The van der Waals surface area contributed by atoms with Crippen LogP contribution in [0, 0.1) is 0 Å². The van der Waals surface area contributed by atoms with Gasteiger partial charge in [-0.2, -0.15) is 5.10 Å². The van der Waals surface area contributed by atoms with E-state index in [1.54, 1.807) is 41.3 Å². The number of rotatable bonds is 7. The molecular formula is C22H23N3O5. The quantitative estimate of drug-likeness (QED) is 0.476. The molecule has 0 unspecified atom stereocenters. The van der Waals surface area contributed by atoms with Crippen molar-refractivity contribution in [1.82, 2.24) is 15.1 Å². The predicted molar refractivity (Wildman–Crippen MR) is 110 cm³/mol. The molecule has 2 aromatic carbocycles. The molecule has 3 aromatic rings. The Balaban J connectivity index is 1.88. The number of hydrogen-bond acceptors (Lipinski definition) is 6. The van der Waals surface area contributed by atoms with Crippen LogP contribution < -0.4 is 4.74 Å². The molecule has 1 aliphatic heterocycles. The van der Waals surface area contributed by atoms with E-state index >= 15 is 0 Å². The number of fused-ring (bicyclic) bond motifs is 1. The number of nitrogens with zero attached hydrogens (tertiary/aromatic N) is 2. The highest BCUT2D eigenvalue weighted by Crippen LogP contribution is 2.45. The van der Waals surface area contributed by atoms with Crippen molar-refractivity contribution in [2.45, 2.75) is 19.4 Å². The van der Waals surface area contributed by atoms with Gasteiger partial charge in [-0.15, -0.1) is 0 Å². The Morgan fingerprint density at radius 3 is 2.70 bits per heavy atom. The molecule has 8 nitrogen and oxygen atoms in total. The molecule has 4 rings (SSSR count). The Kier molecular flexibility index (Phi) is 5.33. The Hall–Kier alpha value is -3.52. The van der Waals surface area contributed by atoms with Gasteiger partial charge in [-0.1, -0.05) is 18.2 Å². The number of benzene rings is 2. The molecule has 2 heterocycles. The summed E-state index contributed by atoms with van der Waals surface area (Å²) in [5, 5.41) is 36.9. The first-order valence-electron chi connectivity index (χ1n) is 9.81. The number of aromatic hydroxyl groups is 2. The molecule has 30 heavy (non-hydrogen) atoms. The van der Waals surface area contributed by atoms with Crippen LogP contribution in [-0.4, -0.2) is 56.1 Å². The fourth-order valence-corrected chi connectivity index (χ4v) is 3.87. The molecule has 1 amide bonds. The molecule has 8 heteroatoms. The monoisotopic (exact) mass is 409 g/mol. The summed E-state index contributed by atoms with van der Waals surface area (Å²) in [4.78, 5) is 14.8. The minimum absolute atomic E-state index is 0.0141. The zero-order valence-corrected chi connectivity index (χ0v) is 16.5. The highest BCUT2D eigenvalue weighted by Gasteiger charge is 2.42. The zero-order chi connectivity index (χ0) is 21.3. The third-order valence-electron chi connectivity index (χ3n) is 5.18. The maximum absolute atomic E-state index is 13.1. The molecular weight excluding hydrogens is 386 g/mol. The van der Waals surface area contributed by atoms with Crippen LogP contribution in [0.1, 0.15) is 41.0 Å². The van der Waals surface area contributed by atoms with Crippen molar-refractivity contribution in [3.63, 3.8) is 0 Å². The average Bonchev–Trinajstić information content (AvgIpc) is 3.28. The van der Waals surface area contributed by atoms with E-state index in [0.29, 0.717) is 47.8 Å². The highest BCUT2D eigenvalue weighted by atomic mass is 16.5. The summed E-state index contributed by atoms with van der Waals surface area (Å²) in [7, 11) is 0. The topological polar surface area (TPSA) is 119 Å². The van der Waals surface area contributed by atoms with Gasteiger partial charge in [0.25, 0.3) is 5.91 Å². The third-order valence-corrected chi connectivity index (χ3v) is 5.18. The first-order valence-corrected chi connectivity index (χ1v) is 9.81. The summed E-state index contributed by atoms with van der Waals surface area (Å²) < 4.78 is 5.53. The molecule has 0 radical (unpaired) electrons. The van der Waals surface area contributed by atoms with Gasteiger partial charge in [0.15, 0.2) is 11.5 Å². The molecule has 0 aliphatic carbocycles. The van der Waals surface area contributed by atoms with Crippen LogP contribution in [0.3, 0.4) is 0 Å². The molecule has 1 atom stereocenters. The number of aliphatic hydroxyl groups is 1. The molecule has 4 N–H and O–H groups in total. The van der Waals surface area contributed by atoms with E-state index in [-0.39, 0.29) is 24.0 Å². The standard InChI is InChI=1S/C22H23N3O5/c1-2-30-17-12-13(8-9-16(17)28)21-18-19(14-6-3-4-7-15(14)27)23-24-20(18)22(29)25(21)10-5-11-26/h3-4,6-9,12,21,26-28H,2,5,10-11H2,1H3,(H,23,24)/t21-/m1/s1. The van der Waals surface area contributed by atoms with Gasteiger partial charge in [0.1, 0.15) is 17.1 Å². The molecule has 1 aromatic heterocycles. The van der Waals surface area contributed by atoms with Crippen LogP contribution in [-0.2, 0) is 0 Å². The highest BCUT2D eigenvalue weighted by molar-refractivity contribution is 6.00. The second-order valence-corrected chi connectivity index (χ2v) is 7.02. The summed E-state index contributed by atoms with van der Waals surface area (Å²) in [6.07, 6.45) is 0.419. The number of phenolic OH excluding ortho intramolecular Hbond substituents is 2. The number of carbonyl (C=O) groups is 1. The average molecular weight is 409 g/mol. The van der Waals surface area contributed by atoms with Crippen molar-refractivity contribution in [3.8, 4) is 28.5 Å². The van der Waals surface area contributed by atoms with Crippen molar-refractivity contribution in [1.29, 1.82) is 0 Å². The Labute approximate surface area is 173 Å². The lowest BCUT2D eigenvalue weighted by Gasteiger charge is -2.26. The van der Waals surface area contributed by atoms with Gasteiger partial charge in [0.05, 0.1) is 12.6 Å². The normalized spacial score (nSPS) is 15.5. The number of aliphatic hydroxyl groups excluding tert-OH is 1. The van der Waals surface area contributed by atoms with Crippen molar-refractivity contribution in [3.05, 3.63) is 59.3 Å². The molecule has 0 spiro atoms. The number of nitrogens with one attached hydrogen (secondary N) is 1. The predicted octanol–water partition coefficient (Wildman–Crippen LogP) is 2.81. The van der Waals surface area contributed by atoms with E-state index in [1.165, 1.54) is 6.07 Å². The van der Waals surface area contributed by atoms with Gasteiger partial charge >= 0.3 is 0 Å². The van der Waals surface area contributed by atoms with Crippen LogP contribution in [0.2, 0.25) is 0 Å².